The molecule has 1 aliphatic rings. The Morgan fingerprint density at radius 1 is 1.26 bits per heavy atom. The summed E-state index contributed by atoms with van der Waals surface area (Å²) in [6.45, 7) is 8.42. The van der Waals surface area contributed by atoms with Crippen LogP contribution in [-0.2, 0) is 9.47 Å². The topological polar surface area (TPSA) is 59.1 Å². The van der Waals surface area contributed by atoms with Crippen LogP contribution in [-0.4, -0.2) is 70.0 Å². The summed E-state index contributed by atoms with van der Waals surface area (Å²) in [5, 5.41) is 0. The predicted molar refractivity (Wildman–Crippen MR) is 93.4 cm³/mol. The lowest BCUT2D eigenvalue weighted by Gasteiger charge is -2.26. The molecule has 0 radical (unpaired) electrons. The Bertz CT molecular complexity index is 432. The monoisotopic (exact) mass is 342 g/mol. The quantitative estimate of drug-likeness (QED) is 0.581. The summed E-state index contributed by atoms with van der Waals surface area (Å²) in [6, 6.07) is 0.968. The second-order valence-electron chi connectivity index (χ2n) is 7.23. The molecular weight excluding hydrogens is 312 g/mol. The van der Waals surface area contributed by atoms with Gasteiger partial charge in [-0.3, -0.25) is 0 Å². The van der Waals surface area contributed by atoms with Crippen molar-refractivity contribution < 1.29 is 19.1 Å². The Labute approximate surface area is 140 Å². The molecule has 0 aromatic carbocycles. The minimum Gasteiger partial charge on any atom is -0.450 e. The molecule has 6 nitrogen and oxygen atoms in total. The second-order valence-corrected chi connectivity index (χ2v) is 12.9. The molecule has 0 fully saturated rings. The van der Waals surface area contributed by atoms with Crippen molar-refractivity contribution in [3.05, 3.63) is 12.2 Å². The highest BCUT2D eigenvalue weighted by atomic mass is 28.3. The molecule has 23 heavy (non-hydrogen) atoms. The predicted octanol–water partition coefficient (Wildman–Crippen LogP) is 3.18. The molecule has 0 unspecified atom stereocenters. The number of carbonyl (C=O) groups excluding carboxylic acids is 2. The van der Waals surface area contributed by atoms with E-state index in [-0.39, 0.29) is 18.3 Å². The lowest BCUT2D eigenvalue weighted by molar-refractivity contribution is 0.0764. The van der Waals surface area contributed by atoms with Crippen molar-refractivity contribution in [1.29, 1.82) is 0 Å². The van der Waals surface area contributed by atoms with Gasteiger partial charge in [-0.25, -0.2) is 9.59 Å². The minimum atomic E-state index is -1.20. The van der Waals surface area contributed by atoms with Crippen molar-refractivity contribution >= 4 is 20.3 Å². The molecule has 0 aromatic heterocycles. The molecule has 1 rings (SSSR count). The van der Waals surface area contributed by atoms with E-state index in [9.17, 15) is 9.59 Å². The number of carbonyl (C=O) groups is 2. The van der Waals surface area contributed by atoms with Crippen molar-refractivity contribution in [2.75, 3.05) is 33.8 Å². The number of nitrogens with zero attached hydrogens (tertiary/aromatic N) is 2. The van der Waals surface area contributed by atoms with Crippen LogP contribution in [0, 0.1) is 0 Å². The maximum absolute atomic E-state index is 12.2. The molecular formula is C16H30N2O4Si. The Morgan fingerprint density at radius 2 is 1.96 bits per heavy atom. The third-order valence-corrected chi connectivity index (χ3v) is 5.26. The normalized spacial score (nSPS) is 20.2. The van der Waals surface area contributed by atoms with Crippen molar-refractivity contribution in [3.8, 4) is 0 Å². The third kappa shape index (κ3) is 8.06. The largest absolute Gasteiger partial charge is 0.450 e. The number of hydrogen-bond acceptors (Lipinski definition) is 4. The van der Waals surface area contributed by atoms with Gasteiger partial charge in [0.05, 0.1) is 6.61 Å². The first-order valence-corrected chi connectivity index (χ1v) is 11.9. The summed E-state index contributed by atoms with van der Waals surface area (Å²) in [6.07, 6.45) is 4.23. The first-order chi connectivity index (χ1) is 10.7. The van der Waals surface area contributed by atoms with Gasteiger partial charge < -0.3 is 19.3 Å². The first-order valence-electron chi connectivity index (χ1n) is 8.15. The lowest BCUT2D eigenvalue weighted by atomic mass is 10.1. The molecule has 7 heteroatoms. The summed E-state index contributed by atoms with van der Waals surface area (Å²) in [4.78, 5) is 26.9. The molecule has 0 bridgehead atoms. The summed E-state index contributed by atoms with van der Waals surface area (Å²) >= 11 is 0. The summed E-state index contributed by atoms with van der Waals surface area (Å²) in [5.74, 6) is 0. The van der Waals surface area contributed by atoms with E-state index in [0.29, 0.717) is 26.1 Å². The van der Waals surface area contributed by atoms with Crippen molar-refractivity contribution in [2.45, 2.75) is 44.6 Å². The summed E-state index contributed by atoms with van der Waals surface area (Å²) in [7, 11) is 2.10. The third-order valence-electron chi connectivity index (χ3n) is 3.55. The molecule has 0 saturated heterocycles. The van der Waals surface area contributed by atoms with Crippen LogP contribution in [0.3, 0.4) is 0 Å². The van der Waals surface area contributed by atoms with Crippen LogP contribution in [0.15, 0.2) is 12.2 Å². The zero-order valence-electron chi connectivity index (χ0n) is 15.0. The standard InChI is InChI=1S/C16H30N2O4Si/c1-17(2)15(19)22-14-8-6-7-10-18(11-9-14)16(20)21-12-13-23(3,4)5/h6,8,14H,7,9-13H2,1-5H3/b8-6-/t14-/m1/s1. The molecule has 0 spiro atoms. The van der Waals surface area contributed by atoms with Crippen molar-refractivity contribution in [3.63, 3.8) is 0 Å². The van der Waals surface area contributed by atoms with Gasteiger partial charge in [0.1, 0.15) is 6.10 Å². The first kappa shape index (κ1) is 19.5. The van der Waals surface area contributed by atoms with Crippen molar-refractivity contribution in [2.24, 2.45) is 0 Å². The summed E-state index contributed by atoms with van der Waals surface area (Å²) in [5.41, 5.74) is 0. The van der Waals surface area contributed by atoms with Crippen LogP contribution in [0.5, 0.6) is 0 Å². The van der Waals surface area contributed by atoms with Gasteiger partial charge in [-0.2, -0.15) is 0 Å². The van der Waals surface area contributed by atoms with Crippen molar-refractivity contribution in [1.82, 2.24) is 9.80 Å². The number of amides is 2. The highest BCUT2D eigenvalue weighted by Crippen LogP contribution is 2.12. The van der Waals surface area contributed by atoms with Gasteiger partial charge in [-0.05, 0) is 18.5 Å². The Morgan fingerprint density at radius 3 is 2.57 bits per heavy atom. The highest BCUT2D eigenvalue weighted by Gasteiger charge is 2.21. The molecule has 2 amide bonds. The van der Waals surface area contributed by atoms with Gasteiger partial charge in [-0.1, -0.05) is 25.7 Å². The zero-order valence-corrected chi connectivity index (χ0v) is 16.0. The molecule has 0 N–H and O–H groups in total. The second kappa shape index (κ2) is 8.96. The Balaban J connectivity index is 2.46. The SMILES string of the molecule is CN(C)C(=O)O[C@@H]1/C=C\CCN(C(=O)OCC[Si](C)(C)C)CC1. The van der Waals surface area contributed by atoms with Gasteiger partial charge >= 0.3 is 12.2 Å². The van der Waals surface area contributed by atoms with Gasteiger partial charge in [0.2, 0.25) is 0 Å². The van der Waals surface area contributed by atoms with E-state index in [4.69, 9.17) is 9.47 Å². The summed E-state index contributed by atoms with van der Waals surface area (Å²) < 4.78 is 10.8. The van der Waals surface area contributed by atoms with Gasteiger partial charge in [0.25, 0.3) is 0 Å². The molecule has 0 aliphatic carbocycles. The van der Waals surface area contributed by atoms with Crippen LogP contribution in [0.1, 0.15) is 12.8 Å². The molecule has 0 saturated carbocycles. The van der Waals surface area contributed by atoms with E-state index in [0.717, 1.165) is 12.5 Å². The molecule has 132 valence electrons. The molecule has 1 atom stereocenters. The Hall–Kier alpha value is -1.50. The van der Waals surface area contributed by atoms with Gasteiger partial charge in [0, 0.05) is 41.7 Å². The van der Waals surface area contributed by atoms with E-state index in [1.807, 2.05) is 12.2 Å². The highest BCUT2D eigenvalue weighted by molar-refractivity contribution is 6.76. The number of rotatable bonds is 4. The molecule has 1 aliphatic heterocycles. The van der Waals surface area contributed by atoms with Gasteiger partial charge in [-0.15, -0.1) is 0 Å². The van der Waals surface area contributed by atoms with Crippen LogP contribution in [0.25, 0.3) is 0 Å². The van der Waals surface area contributed by atoms with E-state index in [2.05, 4.69) is 19.6 Å². The molecule has 1 heterocycles. The number of ether oxygens (including phenoxy) is 2. The zero-order chi connectivity index (χ0) is 17.5. The van der Waals surface area contributed by atoms with Crippen LogP contribution < -0.4 is 0 Å². The van der Waals surface area contributed by atoms with Crippen LogP contribution >= 0.6 is 0 Å². The maximum atomic E-state index is 12.2. The smallest absolute Gasteiger partial charge is 0.409 e. The Kier molecular flexibility index (Phi) is 7.61. The molecule has 0 aromatic rings. The average Bonchev–Trinajstić information content (AvgIpc) is 2.40. The fourth-order valence-electron chi connectivity index (χ4n) is 2.02. The fraction of sp³-hybridized carbons (Fsp3) is 0.750. The van der Waals surface area contributed by atoms with Crippen LogP contribution in [0.2, 0.25) is 25.7 Å². The van der Waals surface area contributed by atoms with E-state index < -0.39 is 8.07 Å². The average molecular weight is 343 g/mol. The number of hydrogen-bond donors (Lipinski definition) is 0. The lowest BCUT2D eigenvalue weighted by Crippen LogP contribution is -2.37. The van der Waals surface area contributed by atoms with E-state index in [1.54, 1.807) is 19.0 Å². The van der Waals surface area contributed by atoms with Crippen LogP contribution in [0.4, 0.5) is 9.59 Å². The van der Waals surface area contributed by atoms with E-state index in [1.165, 1.54) is 4.90 Å². The maximum Gasteiger partial charge on any atom is 0.409 e. The minimum absolute atomic E-state index is 0.267. The van der Waals surface area contributed by atoms with E-state index >= 15 is 0 Å². The van der Waals surface area contributed by atoms with Gasteiger partial charge in [0.15, 0.2) is 0 Å². The fourth-order valence-corrected chi connectivity index (χ4v) is 2.74.